The fourth-order valence-corrected chi connectivity index (χ4v) is 2.26. The highest BCUT2D eigenvalue weighted by Crippen LogP contribution is 2.34. The van der Waals surface area contributed by atoms with Gasteiger partial charge in [0.05, 0.1) is 0 Å². The van der Waals surface area contributed by atoms with E-state index in [4.69, 9.17) is 9.47 Å². The molecule has 2 rings (SSSR count). The minimum atomic E-state index is -4.75. The highest BCUT2D eigenvalue weighted by atomic mass is 19.4. The summed E-state index contributed by atoms with van der Waals surface area (Å²) in [6.07, 6.45) is -3.16. The van der Waals surface area contributed by atoms with Gasteiger partial charge in [-0.05, 0) is 25.0 Å². The summed E-state index contributed by atoms with van der Waals surface area (Å²) in [5, 5.41) is 2.72. The van der Waals surface area contributed by atoms with Crippen LogP contribution in [0.3, 0.4) is 0 Å². The van der Waals surface area contributed by atoms with E-state index in [1.165, 1.54) is 0 Å². The fourth-order valence-electron chi connectivity index (χ4n) is 2.26. The smallest absolute Gasteiger partial charge is 0.449 e. The lowest BCUT2D eigenvalue weighted by Crippen LogP contribution is -2.22. The number of amides is 1. The van der Waals surface area contributed by atoms with Gasteiger partial charge in [0, 0.05) is 24.6 Å². The minimum absolute atomic E-state index is 0.156. The van der Waals surface area contributed by atoms with E-state index in [9.17, 15) is 22.8 Å². The van der Waals surface area contributed by atoms with Crippen molar-refractivity contribution in [3.8, 4) is 11.5 Å². The van der Waals surface area contributed by atoms with Crippen LogP contribution in [0.2, 0.25) is 0 Å². The molecule has 1 aliphatic rings. The van der Waals surface area contributed by atoms with Crippen molar-refractivity contribution >= 4 is 17.4 Å². The number of halogens is 3. The second-order valence-electron chi connectivity index (χ2n) is 5.45. The zero-order valence-corrected chi connectivity index (χ0v) is 12.9. The normalized spacial score (nSPS) is 13.0. The third-order valence-corrected chi connectivity index (χ3v) is 3.53. The van der Waals surface area contributed by atoms with Gasteiger partial charge in [0.1, 0.15) is 0 Å². The molecule has 0 saturated carbocycles. The highest BCUT2D eigenvalue weighted by molar-refractivity contribution is 5.91. The summed E-state index contributed by atoms with van der Waals surface area (Å²) in [6.45, 7) is 0.156. The van der Waals surface area contributed by atoms with Gasteiger partial charge in [-0.25, -0.2) is 0 Å². The van der Waals surface area contributed by atoms with Gasteiger partial charge < -0.3 is 14.8 Å². The van der Waals surface area contributed by atoms with Crippen molar-refractivity contribution in [2.24, 2.45) is 0 Å². The van der Waals surface area contributed by atoms with Crippen LogP contribution >= 0.6 is 0 Å². The number of rotatable bonds is 8. The number of anilines is 1. The molecule has 0 radical (unpaired) electrons. The van der Waals surface area contributed by atoms with E-state index in [0.29, 0.717) is 36.4 Å². The van der Waals surface area contributed by atoms with Crippen molar-refractivity contribution in [3.63, 3.8) is 0 Å². The van der Waals surface area contributed by atoms with Crippen LogP contribution in [0, 0.1) is 0 Å². The molecule has 1 aliphatic heterocycles. The van der Waals surface area contributed by atoms with Gasteiger partial charge in [-0.15, -0.1) is 0 Å². The third kappa shape index (κ3) is 5.43. The molecule has 0 spiro atoms. The number of fused-ring (bicyclic) bond motifs is 1. The molecule has 1 N–H and O–H groups in total. The number of alkyl halides is 3. The zero-order valence-electron chi connectivity index (χ0n) is 12.9. The Morgan fingerprint density at radius 2 is 1.67 bits per heavy atom. The molecule has 1 aromatic rings. The molecule has 0 aliphatic carbocycles. The number of ketones is 1. The minimum Gasteiger partial charge on any atom is -0.454 e. The van der Waals surface area contributed by atoms with Gasteiger partial charge in [0.15, 0.2) is 11.5 Å². The SMILES string of the molecule is O=C(CCCCCCC(=O)C(F)(F)F)Nc1ccc2c(c1)OCO2. The van der Waals surface area contributed by atoms with Crippen molar-refractivity contribution in [1.82, 2.24) is 0 Å². The van der Waals surface area contributed by atoms with E-state index in [1.54, 1.807) is 18.2 Å². The van der Waals surface area contributed by atoms with Gasteiger partial charge in [0.25, 0.3) is 0 Å². The monoisotopic (exact) mass is 345 g/mol. The van der Waals surface area contributed by atoms with E-state index < -0.39 is 18.4 Å². The maximum atomic E-state index is 12.0. The highest BCUT2D eigenvalue weighted by Gasteiger charge is 2.36. The van der Waals surface area contributed by atoms with Gasteiger partial charge >= 0.3 is 6.18 Å². The molecule has 24 heavy (non-hydrogen) atoms. The van der Waals surface area contributed by atoms with Crippen LogP contribution in [0.5, 0.6) is 11.5 Å². The third-order valence-electron chi connectivity index (χ3n) is 3.53. The van der Waals surface area contributed by atoms with Crippen LogP contribution in [-0.2, 0) is 9.59 Å². The van der Waals surface area contributed by atoms with Gasteiger partial charge in [-0.1, -0.05) is 12.8 Å². The lowest BCUT2D eigenvalue weighted by molar-refractivity contribution is -0.171. The summed E-state index contributed by atoms with van der Waals surface area (Å²) in [7, 11) is 0. The number of carbonyl (C=O) groups excluding carboxylic acids is 2. The van der Waals surface area contributed by atoms with Crippen molar-refractivity contribution in [2.45, 2.75) is 44.7 Å². The summed E-state index contributed by atoms with van der Waals surface area (Å²) in [6, 6.07) is 5.08. The molecule has 0 aromatic heterocycles. The molecule has 1 heterocycles. The van der Waals surface area contributed by atoms with Crippen LogP contribution in [0.25, 0.3) is 0 Å². The molecule has 5 nitrogen and oxygen atoms in total. The van der Waals surface area contributed by atoms with E-state index >= 15 is 0 Å². The standard InChI is InChI=1S/C16H18F3NO4/c17-16(18,19)14(21)5-3-1-2-4-6-15(22)20-11-7-8-12-13(9-11)24-10-23-12/h7-9H,1-6,10H2,(H,20,22). The number of hydrogen-bond acceptors (Lipinski definition) is 4. The summed E-state index contributed by atoms with van der Waals surface area (Å²) in [5.41, 5.74) is 0.597. The Kier molecular flexibility index (Phi) is 6.05. The molecule has 0 bridgehead atoms. The van der Waals surface area contributed by atoms with E-state index in [2.05, 4.69) is 5.32 Å². The average molecular weight is 345 g/mol. The first-order valence-electron chi connectivity index (χ1n) is 7.66. The molecule has 0 unspecified atom stereocenters. The molecule has 0 saturated heterocycles. The van der Waals surface area contributed by atoms with Crippen molar-refractivity contribution in [1.29, 1.82) is 0 Å². The molecule has 1 amide bonds. The second-order valence-corrected chi connectivity index (χ2v) is 5.45. The van der Waals surface area contributed by atoms with E-state index in [-0.39, 0.29) is 25.5 Å². The molecular weight excluding hydrogens is 327 g/mol. The largest absolute Gasteiger partial charge is 0.454 e. The van der Waals surface area contributed by atoms with Crippen molar-refractivity contribution in [2.75, 3.05) is 12.1 Å². The van der Waals surface area contributed by atoms with Crippen molar-refractivity contribution < 1.29 is 32.2 Å². The topological polar surface area (TPSA) is 64.6 Å². The first kappa shape index (κ1) is 18.1. The summed E-state index contributed by atoms with van der Waals surface area (Å²) in [4.78, 5) is 22.5. The lowest BCUT2D eigenvalue weighted by atomic mass is 10.1. The summed E-state index contributed by atoms with van der Waals surface area (Å²) < 4.78 is 46.4. The Morgan fingerprint density at radius 3 is 2.38 bits per heavy atom. The van der Waals surface area contributed by atoms with E-state index in [0.717, 1.165) is 0 Å². The predicted octanol–water partition coefficient (Wildman–Crippen LogP) is 3.83. The summed E-state index contributed by atoms with van der Waals surface area (Å²) >= 11 is 0. The molecule has 132 valence electrons. The Labute approximate surface area is 137 Å². The van der Waals surface area contributed by atoms with Crippen LogP contribution in [0.15, 0.2) is 18.2 Å². The molecular formula is C16H18F3NO4. The maximum Gasteiger partial charge on any atom is 0.449 e. The van der Waals surface area contributed by atoms with Gasteiger partial charge in [0.2, 0.25) is 18.5 Å². The Bertz CT molecular complexity index is 601. The first-order valence-corrected chi connectivity index (χ1v) is 7.66. The maximum absolute atomic E-state index is 12.0. The molecule has 1 aromatic carbocycles. The summed E-state index contributed by atoms with van der Waals surface area (Å²) in [5.74, 6) is -0.674. The number of nitrogens with one attached hydrogen (secondary N) is 1. The molecule has 8 heteroatoms. The first-order chi connectivity index (χ1) is 11.4. The average Bonchev–Trinajstić information content (AvgIpc) is 2.97. The van der Waals surface area contributed by atoms with Crippen LogP contribution < -0.4 is 14.8 Å². The number of Topliss-reactive ketones (excluding diaryl/α,β-unsaturated/α-hetero) is 1. The van der Waals surface area contributed by atoms with Crippen LogP contribution in [0.4, 0.5) is 18.9 Å². The van der Waals surface area contributed by atoms with Crippen LogP contribution in [-0.4, -0.2) is 24.7 Å². The Hall–Kier alpha value is -2.25. The number of unbranched alkanes of at least 4 members (excludes halogenated alkanes) is 3. The lowest BCUT2D eigenvalue weighted by Gasteiger charge is -2.07. The zero-order chi connectivity index (χ0) is 17.6. The number of carbonyl (C=O) groups is 2. The van der Waals surface area contributed by atoms with Crippen molar-refractivity contribution in [3.05, 3.63) is 18.2 Å². The van der Waals surface area contributed by atoms with Gasteiger partial charge in [-0.2, -0.15) is 13.2 Å². The number of benzene rings is 1. The number of ether oxygens (including phenoxy) is 2. The fraction of sp³-hybridized carbons (Fsp3) is 0.500. The Morgan fingerprint density at radius 1 is 1.00 bits per heavy atom. The van der Waals surface area contributed by atoms with E-state index in [1.807, 2.05) is 0 Å². The van der Waals surface area contributed by atoms with Crippen LogP contribution in [0.1, 0.15) is 38.5 Å². The molecule has 0 fully saturated rings. The predicted molar refractivity (Wildman–Crippen MR) is 80.0 cm³/mol. The van der Waals surface area contributed by atoms with Gasteiger partial charge in [-0.3, -0.25) is 9.59 Å². The molecule has 0 atom stereocenters. The second kappa shape index (κ2) is 8.03. The number of hydrogen-bond donors (Lipinski definition) is 1. The quantitative estimate of drug-likeness (QED) is 0.728. The Balaban J connectivity index is 1.59.